The van der Waals surface area contributed by atoms with E-state index >= 15 is 0 Å². The zero-order valence-corrected chi connectivity index (χ0v) is 26.3. The van der Waals surface area contributed by atoms with Crippen LogP contribution in [0.3, 0.4) is 0 Å². The molecule has 3 N–H and O–H groups in total. The molecule has 2 atom stereocenters. The van der Waals surface area contributed by atoms with Gasteiger partial charge in [-0.1, -0.05) is 24.3 Å². The molecular weight excluding hydrogens is 591 g/mol. The van der Waals surface area contributed by atoms with E-state index in [1.54, 1.807) is 34.1 Å². The molecule has 11 nitrogen and oxygen atoms in total. The molecule has 4 amide bonds. The minimum absolute atomic E-state index is 0.0180. The van der Waals surface area contributed by atoms with Crippen molar-refractivity contribution in [2.75, 3.05) is 52.4 Å². The highest BCUT2D eigenvalue weighted by Gasteiger charge is 2.31. The first-order valence-corrected chi connectivity index (χ1v) is 16.0. The van der Waals surface area contributed by atoms with Gasteiger partial charge >= 0.3 is 0 Å². The van der Waals surface area contributed by atoms with Crippen LogP contribution in [-0.2, 0) is 20.7 Å². The number of benzene rings is 2. The smallest absolute Gasteiger partial charge is 0.256 e. The summed E-state index contributed by atoms with van der Waals surface area (Å²) < 4.78 is 21.2. The van der Waals surface area contributed by atoms with Crippen molar-refractivity contribution in [3.63, 3.8) is 0 Å². The minimum Gasteiger partial charge on any atom is -0.375 e. The van der Waals surface area contributed by atoms with E-state index in [0.717, 1.165) is 51.7 Å². The summed E-state index contributed by atoms with van der Waals surface area (Å²) in [4.78, 5) is 56.6. The number of hydrogen-bond acceptors (Lipinski definition) is 7. The van der Waals surface area contributed by atoms with Gasteiger partial charge in [0.05, 0.1) is 24.3 Å². The van der Waals surface area contributed by atoms with Crippen LogP contribution >= 0.6 is 0 Å². The second-order valence-electron chi connectivity index (χ2n) is 12.5. The predicted molar refractivity (Wildman–Crippen MR) is 170 cm³/mol. The summed E-state index contributed by atoms with van der Waals surface area (Å²) >= 11 is 0. The highest BCUT2D eigenvalue weighted by molar-refractivity contribution is 6.09. The van der Waals surface area contributed by atoms with Crippen molar-refractivity contribution in [1.82, 2.24) is 19.6 Å². The number of nitrogens with two attached hydrogens (primary N) is 1. The molecule has 46 heavy (non-hydrogen) atoms. The Balaban J connectivity index is 1.08. The Hall–Kier alpha value is -4.16. The van der Waals surface area contributed by atoms with E-state index in [2.05, 4.69) is 11.8 Å². The number of rotatable bonds is 10. The van der Waals surface area contributed by atoms with Crippen LogP contribution in [0, 0.1) is 11.2 Å². The molecular formula is C34H43FN6O5. The van der Waals surface area contributed by atoms with Crippen LogP contribution < -0.4 is 5.73 Å². The number of primary amides is 1. The maximum atomic E-state index is 14.8. The second kappa shape index (κ2) is 15.0. The van der Waals surface area contributed by atoms with Crippen LogP contribution in [0.25, 0.3) is 0 Å². The lowest BCUT2D eigenvalue weighted by atomic mass is 9.96. The Morgan fingerprint density at radius 1 is 0.913 bits per heavy atom. The molecule has 3 saturated heterocycles. The van der Waals surface area contributed by atoms with Crippen molar-refractivity contribution >= 4 is 29.8 Å². The Bertz CT molecular complexity index is 1450. The maximum Gasteiger partial charge on any atom is 0.256 e. The molecule has 0 aliphatic carbocycles. The summed E-state index contributed by atoms with van der Waals surface area (Å²) in [7, 11) is 0. The summed E-state index contributed by atoms with van der Waals surface area (Å²) in [6.07, 6.45) is 4.76. The molecule has 3 aliphatic rings. The Labute approximate surface area is 268 Å². The molecule has 2 unspecified atom stereocenters. The summed E-state index contributed by atoms with van der Waals surface area (Å²) in [5.41, 5.74) is 6.70. The number of halogens is 1. The zero-order chi connectivity index (χ0) is 32.8. The van der Waals surface area contributed by atoms with Gasteiger partial charge in [-0.3, -0.25) is 24.1 Å². The molecule has 3 fully saturated rings. The van der Waals surface area contributed by atoms with Crippen LogP contribution in [0.1, 0.15) is 64.4 Å². The van der Waals surface area contributed by atoms with Crippen LogP contribution in [0.15, 0.2) is 42.5 Å². The number of carbonyl (C=O) groups is 4. The molecule has 0 spiro atoms. The number of nitrogens with one attached hydrogen (secondary N) is 1. The molecule has 2 aromatic carbocycles. The van der Waals surface area contributed by atoms with Gasteiger partial charge in [0.15, 0.2) is 0 Å². The van der Waals surface area contributed by atoms with E-state index in [0.29, 0.717) is 43.9 Å². The van der Waals surface area contributed by atoms with Crippen LogP contribution in [0.5, 0.6) is 0 Å². The van der Waals surface area contributed by atoms with Gasteiger partial charge in [-0.15, -0.1) is 0 Å². The molecule has 246 valence electrons. The molecule has 0 bridgehead atoms. The van der Waals surface area contributed by atoms with Gasteiger partial charge in [0.1, 0.15) is 5.82 Å². The van der Waals surface area contributed by atoms with Crippen molar-refractivity contribution in [3.05, 3.63) is 70.5 Å². The molecule has 0 aromatic heterocycles. The van der Waals surface area contributed by atoms with Gasteiger partial charge in [0.25, 0.3) is 5.91 Å². The SMILES string of the molecule is CC1CC(OC2CCN(CC(=O)N3CCN(C(=O)c4cc(CC(=N)c5ccccc5C(N)=O)ccc4F)CC3)CC2)CCN1C=O. The largest absolute Gasteiger partial charge is 0.375 e. The lowest BCUT2D eigenvalue weighted by molar-refractivity contribution is -0.135. The molecule has 3 heterocycles. The third-order valence-electron chi connectivity index (χ3n) is 9.37. The normalized spacial score (nSPS) is 21.2. The third kappa shape index (κ3) is 7.97. The maximum absolute atomic E-state index is 14.8. The fraction of sp³-hybridized carbons (Fsp3) is 0.500. The van der Waals surface area contributed by atoms with E-state index in [1.165, 1.54) is 18.2 Å². The fourth-order valence-corrected chi connectivity index (χ4v) is 6.63. The lowest BCUT2D eigenvalue weighted by Gasteiger charge is -2.39. The van der Waals surface area contributed by atoms with Gasteiger partial charge in [-0.2, -0.15) is 0 Å². The number of piperidine rings is 2. The fourth-order valence-electron chi connectivity index (χ4n) is 6.63. The van der Waals surface area contributed by atoms with Gasteiger partial charge in [0, 0.05) is 75.1 Å². The van der Waals surface area contributed by atoms with E-state index < -0.39 is 17.6 Å². The van der Waals surface area contributed by atoms with E-state index in [1.807, 2.05) is 4.90 Å². The van der Waals surface area contributed by atoms with Crippen molar-refractivity contribution in [2.24, 2.45) is 5.73 Å². The first-order valence-electron chi connectivity index (χ1n) is 16.0. The standard InChI is InChI=1S/C34H43FN6O5/c1-23-18-26(10-13-41(23)22-42)46-25-8-11-38(12-9-25)21-32(43)39-14-16-40(17-15-39)34(45)29-19-24(6-7-30(29)35)20-31(36)27-4-2-3-5-28(27)33(37)44/h2-7,19,22-23,25-26,36H,8-18,20-21H2,1H3,(H2,37,44). The molecule has 0 saturated carbocycles. The predicted octanol–water partition coefficient (Wildman–Crippen LogP) is 2.31. The van der Waals surface area contributed by atoms with Gasteiger partial charge in [0.2, 0.25) is 18.2 Å². The first kappa shape index (κ1) is 33.2. The van der Waals surface area contributed by atoms with Crippen molar-refractivity contribution in [1.29, 1.82) is 5.41 Å². The number of ether oxygens (including phenoxy) is 1. The lowest BCUT2D eigenvalue weighted by Crippen LogP contribution is -2.53. The Morgan fingerprint density at radius 2 is 1.57 bits per heavy atom. The molecule has 2 aromatic rings. The molecule has 0 radical (unpaired) electrons. The Morgan fingerprint density at radius 3 is 2.22 bits per heavy atom. The average molecular weight is 635 g/mol. The molecule has 5 rings (SSSR count). The average Bonchev–Trinajstić information content (AvgIpc) is 3.06. The number of carbonyl (C=O) groups excluding carboxylic acids is 4. The van der Waals surface area contributed by atoms with E-state index in [4.69, 9.17) is 15.9 Å². The summed E-state index contributed by atoms with van der Waals surface area (Å²) in [5, 5.41) is 8.51. The van der Waals surface area contributed by atoms with Crippen molar-refractivity contribution < 1.29 is 28.3 Å². The monoisotopic (exact) mass is 634 g/mol. The van der Waals surface area contributed by atoms with Gasteiger partial charge in [-0.25, -0.2) is 4.39 Å². The van der Waals surface area contributed by atoms with Gasteiger partial charge in [-0.05, 0) is 56.4 Å². The van der Waals surface area contributed by atoms with E-state index in [-0.39, 0.29) is 47.4 Å². The quantitative estimate of drug-likeness (QED) is 0.304. The number of nitrogens with zero attached hydrogens (tertiary/aromatic N) is 4. The molecule has 3 aliphatic heterocycles. The number of likely N-dealkylation sites (tertiary alicyclic amines) is 2. The van der Waals surface area contributed by atoms with Crippen molar-refractivity contribution in [3.8, 4) is 0 Å². The van der Waals surface area contributed by atoms with Crippen LogP contribution in [0.2, 0.25) is 0 Å². The topological polar surface area (TPSA) is 140 Å². The number of hydrogen-bond donors (Lipinski definition) is 2. The summed E-state index contributed by atoms with van der Waals surface area (Å²) in [6, 6.07) is 11.0. The summed E-state index contributed by atoms with van der Waals surface area (Å²) in [5.74, 6) is -1.72. The third-order valence-corrected chi connectivity index (χ3v) is 9.37. The highest BCUT2D eigenvalue weighted by Crippen LogP contribution is 2.24. The van der Waals surface area contributed by atoms with Crippen molar-refractivity contribution in [2.45, 2.75) is 57.3 Å². The number of piperazine rings is 1. The zero-order valence-electron chi connectivity index (χ0n) is 26.3. The number of amides is 4. The summed E-state index contributed by atoms with van der Waals surface area (Å²) in [6.45, 7) is 5.99. The minimum atomic E-state index is -0.648. The van der Waals surface area contributed by atoms with Gasteiger partial charge < -0.3 is 30.6 Å². The first-order chi connectivity index (χ1) is 22.1. The second-order valence-corrected chi connectivity index (χ2v) is 12.5. The van der Waals surface area contributed by atoms with E-state index in [9.17, 15) is 23.6 Å². The molecule has 12 heteroatoms. The van der Waals surface area contributed by atoms with Crippen LogP contribution in [-0.4, -0.2) is 120 Å². The van der Waals surface area contributed by atoms with Crippen LogP contribution in [0.4, 0.5) is 4.39 Å². The Kier molecular flexibility index (Phi) is 10.8. The highest BCUT2D eigenvalue weighted by atomic mass is 19.1.